The van der Waals surface area contributed by atoms with Crippen LogP contribution in [0, 0.1) is 5.92 Å². The van der Waals surface area contributed by atoms with Crippen molar-refractivity contribution in [2.75, 3.05) is 7.11 Å². The number of hydrogen-bond acceptors (Lipinski definition) is 5. The zero-order valence-electron chi connectivity index (χ0n) is 14.6. The third kappa shape index (κ3) is 7.26. The van der Waals surface area contributed by atoms with Crippen LogP contribution in [0.5, 0.6) is 5.75 Å². The SMILES string of the molecule is COC(=O)CC(NC(=O)C1CCC(N)C1)c1ccc(OC(F)(F)F)cc1.Cl. The van der Waals surface area contributed by atoms with Crippen LogP contribution in [0.25, 0.3) is 0 Å². The first-order chi connectivity index (χ1) is 12.2. The van der Waals surface area contributed by atoms with Gasteiger partial charge in [0.1, 0.15) is 5.75 Å². The average Bonchev–Trinajstić information content (AvgIpc) is 3.00. The van der Waals surface area contributed by atoms with E-state index >= 15 is 0 Å². The maximum atomic E-state index is 12.4. The van der Waals surface area contributed by atoms with Crippen LogP contribution < -0.4 is 15.8 Å². The molecule has 2 rings (SSSR count). The minimum Gasteiger partial charge on any atom is -0.469 e. The lowest BCUT2D eigenvalue weighted by Gasteiger charge is -2.21. The molecule has 0 heterocycles. The minimum absolute atomic E-state index is 0. The quantitative estimate of drug-likeness (QED) is 0.704. The van der Waals surface area contributed by atoms with Gasteiger partial charge in [-0.2, -0.15) is 0 Å². The average molecular weight is 411 g/mol. The number of benzene rings is 1. The second kappa shape index (κ2) is 9.80. The number of esters is 1. The Morgan fingerprint density at radius 2 is 1.89 bits per heavy atom. The minimum atomic E-state index is -4.79. The summed E-state index contributed by atoms with van der Waals surface area (Å²) in [6.07, 6.45) is -2.95. The van der Waals surface area contributed by atoms with Gasteiger partial charge < -0.3 is 20.5 Å². The first-order valence-corrected chi connectivity index (χ1v) is 8.16. The molecule has 3 atom stereocenters. The van der Waals surface area contributed by atoms with Crippen molar-refractivity contribution in [3.63, 3.8) is 0 Å². The molecule has 27 heavy (non-hydrogen) atoms. The van der Waals surface area contributed by atoms with Gasteiger partial charge in [-0.05, 0) is 37.0 Å². The van der Waals surface area contributed by atoms with Gasteiger partial charge in [-0.15, -0.1) is 25.6 Å². The molecule has 1 aliphatic carbocycles. The normalized spacial score (nSPS) is 20.3. The number of ether oxygens (including phenoxy) is 2. The Morgan fingerprint density at radius 3 is 2.37 bits per heavy atom. The number of carbonyl (C=O) groups excluding carboxylic acids is 2. The molecule has 3 unspecified atom stereocenters. The number of nitrogens with two attached hydrogens (primary N) is 1. The lowest BCUT2D eigenvalue weighted by Crippen LogP contribution is -2.35. The highest BCUT2D eigenvalue weighted by Crippen LogP contribution is 2.28. The highest BCUT2D eigenvalue weighted by molar-refractivity contribution is 5.85. The Labute approximate surface area is 161 Å². The zero-order chi connectivity index (χ0) is 19.3. The van der Waals surface area contributed by atoms with E-state index in [1.165, 1.54) is 19.2 Å². The van der Waals surface area contributed by atoms with Crippen molar-refractivity contribution < 1.29 is 32.2 Å². The lowest BCUT2D eigenvalue weighted by atomic mass is 10.0. The monoisotopic (exact) mass is 410 g/mol. The summed E-state index contributed by atoms with van der Waals surface area (Å²) in [7, 11) is 1.22. The van der Waals surface area contributed by atoms with Crippen LogP contribution in [0.2, 0.25) is 0 Å². The van der Waals surface area contributed by atoms with E-state index < -0.39 is 18.4 Å². The molecular weight excluding hydrogens is 389 g/mol. The third-order valence-corrected chi connectivity index (χ3v) is 4.27. The number of rotatable bonds is 6. The second-order valence-corrected chi connectivity index (χ2v) is 6.23. The van der Waals surface area contributed by atoms with Gasteiger partial charge in [-0.25, -0.2) is 0 Å². The highest BCUT2D eigenvalue weighted by Gasteiger charge is 2.32. The molecule has 1 aliphatic rings. The van der Waals surface area contributed by atoms with Crippen LogP contribution in [0.4, 0.5) is 13.2 Å². The number of carbonyl (C=O) groups is 2. The zero-order valence-corrected chi connectivity index (χ0v) is 15.4. The van der Waals surface area contributed by atoms with E-state index in [1.54, 1.807) is 0 Å². The predicted molar refractivity (Wildman–Crippen MR) is 93.2 cm³/mol. The Morgan fingerprint density at radius 1 is 1.26 bits per heavy atom. The van der Waals surface area contributed by atoms with Gasteiger partial charge in [0.25, 0.3) is 0 Å². The van der Waals surface area contributed by atoms with E-state index in [9.17, 15) is 22.8 Å². The third-order valence-electron chi connectivity index (χ3n) is 4.27. The van der Waals surface area contributed by atoms with E-state index in [0.29, 0.717) is 18.4 Å². The van der Waals surface area contributed by atoms with Crippen molar-refractivity contribution in [3.05, 3.63) is 29.8 Å². The molecule has 6 nitrogen and oxygen atoms in total. The Kier molecular flexibility index (Phi) is 8.36. The summed E-state index contributed by atoms with van der Waals surface area (Å²) >= 11 is 0. The lowest BCUT2D eigenvalue weighted by molar-refractivity contribution is -0.274. The molecular formula is C17H22ClF3N2O4. The van der Waals surface area contributed by atoms with Crippen molar-refractivity contribution in [1.82, 2.24) is 5.32 Å². The fourth-order valence-electron chi connectivity index (χ4n) is 2.95. The maximum absolute atomic E-state index is 12.4. The molecule has 0 radical (unpaired) electrons. The Hall–Kier alpha value is -2.00. The van der Waals surface area contributed by atoms with E-state index in [0.717, 1.165) is 18.6 Å². The molecule has 152 valence electrons. The topological polar surface area (TPSA) is 90.7 Å². The largest absolute Gasteiger partial charge is 0.573 e. The summed E-state index contributed by atoms with van der Waals surface area (Å²) in [4.78, 5) is 24.0. The second-order valence-electron chi connectivity index (χ2n) is 6.23. The van der Waals surface area contributed by atoms with Crippen LogP contribution in [0.15, 0.2) is 24.3 Å². The number of methoxy groups -OCH3 is 1. The van der Waals surface area contributed by atoms with Crippen molar-refractivity contribution in [2.45, 2.75) is 44.1 Å². The maximum Gasteiger partial charge on any atom is 0.573 e. The van der Waals surface area contributed by atoms with Gasteiger partial charge in [0, 0.05) is 12.0 Å². The molecule has 1 fully saturated rings. The van der Waals surface area contributed by atoms with E-state index in [1.807, 2.05) is 0 Å². The van der Waals surface area contributed by atoms with Crippen molar-refractivity contribution >= 4 is 24.3 Å². The molecule has 1 aromatic carbocycles. The molecule has 10 heteroatoms. The van der Waals surface area contributed by atoms with E-state index in [2.05, 4.69) is 14.8 Å². The van der Waals surface area contributed by atoms with Crippen LogP contribution >= 0.6 is 12.4 Å². The standard InChI is InChI=1S/C17H21F3N2O4.ClH/c1-25-15(23)9-14(22-16(24)11-2-5-12(21)8-11)10-3-6-13(7-4-10)26-17(18,19)20;/h3-4,6-7,11-12,14H,2,5,8-9,21H2,1H3,(H,22,24);1H. The van der Waals surface area contributed by atoms with Crippen LogP contribution in [-0.2, 0) is 14.3 Å². The first kappa shape index (κ1) is 23.0. The van der Waals surface area contributed by atoms with Gasteiger partial charge in [0.15, 0.2) is 0 Å². The molecule has 3 N–H and O–H groups in total. The van der Waals surface area contributed by atoms with Gasteiger partial charge in [0.2, 0.25) is 5.91 Å². The Balaban J connectivity index is 0.00000364. The fourth-order valence-corrected chi connectivity index (χ4v) is 2.95. The summed E-state index contributed by atoms with van der Waals surface area (Å²) < 4.78 is 45.2. The summed E-state index contributed by atoms with van der Waals surface area (Å²) in [6.45, 7) is 0. The van der Waals surface area contributed by atoms with Gasteiger partial charge in [0.05, 0.1) is 19.6 Å². The summed E-state index contributed by atoms with van der Waals surface area (Å²) in [5.41, 5.74) is 6.29. The molecule has 0 bridgehead atoms. The molecule has 1 amide bonds. The van der Waals surface area contributed by atoms with Crippen molar-refractivity contribution in [3.8, 4) is 5.75 Å². The van der Waals surface area contributed by atoms with Gasteiger partial charge in [-0.3, -0.25) is 9.59 Å². The Bertz CT molecular complexity index is 640. The predicted octanol–water partition coefficient (Wildman–Crippen LogP) is 2.85. The molecule has 0 spiro atoms. The smallest absolute Gasteiger partial charge is 0.469 e. The number of amides is 1. The number of nitrogens with one attached hydrogen (secondary N) is 1. The van der Waals surface area contributed by atoms with Gasteiger partial charge >= 0.3 is 12.3 Å². The number of alkyl halides is 3. The molecule has 1 aromatic rings. The number of hydrogen-bond donors (Lipinski definition) is 2. The van der Waals surface area contributed by atoms with E-state index in [4.69, 9.17) is 5.73 Å². The fraction of sp³-hybridized carbons (Fsp3) is 0.529. The molecule has 0 saturated heterocycles. The molecule has 1 saturated carbocycles. The van der Waals surface area contributed by atoms with Crippen LogP contribution in [0.1, 0.15) is 37.3 Å². The van der Waals surface area contributed by atoms with Crippen LogP contribution in [-0.4, -0.2) is 31.4 Å². The number of halogens is 4. The molecule has 0 aliphatic heterocycles. The van der Waals surface area contributed by atoms with Crippen LogP contribution in [0.3, 0.4) is 0 Å². The van der Waals surface area contributed by atoms with E-state index in [-0.39, 0.29) is 42.4 Å². The summed E-state index contributed by atoms with van der Waals surface area (Å²) in [6, 6.07) is 4.26. The summed E-state index contributed by atoms with van der Waals surface area (Å²) in [5, 5.41) is 2.77. The summed E-state index contributed by atoms with van der Waals surface area (Å²) in [5.74, 6) is -1.40. The first-order valence-electron chi connectivity index (χ1n) is 8.16. The highest BCUT2D eigenvalue weighted by atomic mass is 35.5. The molecule has 0 aromatic heterocycles. The van der Waals surface area contributed by atoms with Crippen molar-refractivity contribution in [1.29, 1.82) is 0 Å². The van der Waals surface area contributed by atoms with Crippen molar-refractivity contribution in [2.24, 2.45) is 11.7 Å². The van der Waals surface area contributed by atoms with Gasteiger partial charge in [-0.1, -0.05) is 12.1 Å².